The highest BCUT2D eigenvalue weighted by molar-refractivity contribution is 7.71. The minimum atomic E-state index is 0.0207. The molecule has 1 aliphatic carbocycles. The molecule has 0 radical (unpaired) electrons. The maximum Gasteiger partial charge on any atom is 0.255 e. The Morgan fingerprint density at radius 2 is 1.62 bits per heavy atom. The SMILES string of the molecule is C=CCn1c2c(c(=O)[nH]c1=S)CCCCCCCCCC2. The van der Waals surface area contributed by atoms with E-state index in [4.69, 9.17) is 12.2 Å². The number of aromatic nitrogens is 2. The van der Waals surface area contributed by atoms with Crippen molar-refractivity contribution in [3.8, 4) is 0 Å². The number of allylic oxidation sites excluding steroid dienone is 1. The molecule has 1 aromatic rings. The topological polar surface area (TPSA) is 37.8 Å². The largest absolute Gasteiger partial charge is 0.318 e. The lowest BCUT2D eigenvalue weighted by Crippen LogP contribution is -2.23. The van der Waals surface area contributed by atoms with Crippen LogP contribution in [0.4, 0.5) is 0 Å². The van der Waals surface area contributed by atoms with Crippen LogP contribution in [0.1, 0.15) is 62.6 Å². The predicted molar refractivity (Wildman–Crippen MR) is 90.4 cm³/mol. The summed E-state index contributed by atoms with van der Waals surface area (Å²) in [5.74, 6) is 0. The molecule has 3 nitrogen and oxygen atoms in total. The highest BCUT2D eigenvalue weighted by Crippen LogP contribution is 2.17. The van der Waals surface area contributed by atoms with Gasteiger partial charge in [0.05, 0.1) is 0 Å². The first-order valence-corrected chi connectivity index (χ1v) is 8.60. The Balaban J connectivity index is 2.37. The Bertz CT molecular complexity index is 585. The Labute approximate surface area is 132 Å². The van der Waals surface area contributed by atoms with Crippen molar-refractivity contribution in [3.63, 3.8) is 0 Å². The maximum absolute atomic E-state index is 12.3. The molecule has 0 amide bonds. The highest BCUT2D eigenvalue weighted by atomic mass is 32.1. The number of nitrogens with one attached hydrogen (secondary N) is 1. The third-order valence-corrected chi connectivity index (χ3v) is 4.64. The van der Waals surface area contributed by atoms with Crippen molar-refractivity contribution in [1.29, 1.82) is 0 Å². The minimum Gasteiger partial charge on any atom is -0.318 e. The molecule has 0 unspecified atom stereocenters. The molecule has 1 N–H and O–H groups in total. The number of aromatic amines is 1. The molecule has 0 aromatic carbocycles. The van der Waals surface area contributed by atoms with Gasteiger partial charge in [0.1, 0.15) is 0 Å². The van der Waals surface area contributed by atoms with Crippen molar-refractivity contribution in [1.82, 2.24) is 9.55 Å². The van der Waals surface area contributed by atoms with Crippen LogP contribution in [0.3, 0.4) is 0 Å². The van der Waals surface area contributed by atoms with E-state index < -0.39 is 0 Å². The third-order valence-electron chi connectivity index (χ3n) is 4.32. The summed E-state index contributed by atoms with van der Waals surface area (Å²) in [6, 6.07) is 0. The van der Waals surface area contributed by atoms with Crippen LogP contribution < -0.4 is 5.56 Å². The van der Waals surface area contributed by atoms with Crippen LogP contribution in [0.25, 0.3) is 0 Å². The molecule has 0 spiro atoms. The van der Waals surface area contributed by atoms with Crippen LogP contribution >= 0.6 is 12.2 Å². The monoisotopic (exact) mass is 306 g/mol. The first-order chi connectivity index (χ1) is 10.2. The molecule has 21 heavy (non-hydrogen) atoms. The van der Waals surface area contributed by atoms with Gasteiger partial charge in [0.15, 0.2) is 4.77 Å². The summed E-state index contributed by atoms with van der Waals surface area (Å²) in [5.41, 5.74) is 2.11. The van der Waals surface area contributed by atoms with E-state index in [1.54, 1.807) is 0 Å². The van der Waals surface area contributed by atoms with Crippen LogP contribution in [0.15, 0.2) is 17.4 Å². The standard InChI is InChI=1S/C17H26N2OS/c1-2-13-19-15-12-10-8-6-4-3-5-7-9-11-14(15)16(20)18-17(19)21/h2H,1,3-13H2,(H,18,20,21). The number of rotatable bonds is 2. The smallest absolute Gasteiger partial charge is 0.255 e. The molecule has 116 valence electrons. The lowest BCUT2D eigenvalue weighted by atomic mass is 9.99. The first kappa shape index (κ1) is 16.2. The Kier molecular flexibility index (Phi) is 6.43. The molecule has 0 fully saturated rings. The maximum atomic E-state index is 12.3. The van der Waals surface area contributed by atoms with Crippen molar-refractivity contribution in [2.45, 2.75) is 70.8 Å². The fourth-order valence-corrected chi connectivity index (χ4v) is 3.45. The van der Waals surface area contributed by atoms with E-state index >= 15 is 0 Å². The van der Waals surface area contributed by atoms with Crippen molar-refractivity contribution < 1.29 is 0 Å². The molecule has 1 aromatic heterocycles. The summed E-state index contributed by atoms with van der Waals surface area (Å²) in [5, 5.41) is 0. The van der Waals surface area contributed by atoms with Crippen LogP contribution in [0, 0.1) is 4.77 Å². The average Bonchev–Trinajstić information content (AvgIpc) is 2.44. The summed E-state index contributed by atoms with van der Waals surface area (Å²) < 4.78 is 2.59. The quantitative estimate of drug-likeness (QED) is 0.653. The number of fused-ring (bicyclic) bond motifs is 1. The third kappa shape index (κ3) is 4.40. The van der Waals surface area contributed by atoms with Crippen LogP contribution in [0.5, 0.6) is 0 Å². The van der Waals surface area contributed by atoms with Gasteiger partial charge in [0, 0.05) is 17.8 Å². The molecule has 0 saturated carbocycles. The van der Waals surface area contributed by atoms with Crippen LogP contribution in [0.2, 0.25) is 0 Å². The summed E-state index contributed by atoms with van der Waals surface area (Å²) >= 11 is 5.34. The van der Waals surface area contributed by atoms with E-state index in [0.717, 1.165) is 36.9 Å². The van der Waals surface area contributed by atoms with Crippen molar-refractivity contribution in [2.75, 3.05) is 0 Å². The number of hydrogen-bond donors (Lipinski definition) is 1. The second-order valence-electron chi connectivity index (χ2n) is 5.91. The summed E-state index contributed by atoms with van der Waals surface area (Å²) in [6.45, 7) is 4.49. The van der Waals surface area contributed by atoms with Gasteiger partial charge in [-0.05, 0) is 37.9 Å². The van der Waals surface area contributed by atoms with E-state index in [1.165, 1.54) is 38.5 Å². The van der Waals surface area contributed by atoms with E-state index in [1.807, 2.05) is 6.08 Å². The van der Waals surface area contributed by atoms with Crippen molar-refractivity contribution >= 4 is 12.2 Å². The molecule has 1 heterocycles. The minimum absolute atomic E-state index is 0.0207. The van der Waals surface area contributed by atoms with Gasteiger partial charge in [-0.2, -0.15) is 0 Å². The Morgan fingerprint density at radius 3 is 2.24 bits per heavy atom. The average molecular weight is 306 g/mol. The van der Waals surface area contributed by atoms with Crippen LogP contribution in [-0.4, -0.2) is 9.55 Å². The normalized spacial score (nSPS) is 17.3. The molecule has 4 heteroatoms. The van der Waals surface area contributed by atoms with Gasteiger partial charge >= 0.3 is 0 Å². The zero-order valence-corrected chi connectivity index (χ0v) is 13.6. The van der Waals surface area contributed by atoms with Gasteiger partial charge in [-0.3, -0.25) is 9.78 Å². The second-order valence-corrected chi connectivity index (χ2v) is 6.30. The summed E-state index contributed by atoms with van der Waals surface area (Å²) in [4.78, 5) is 15.1. The van der Waals surface area contributed by atoms with E-state index in [0.29, 0.717) is 11.3 Å². The van der Waals surface area contributed by atoms with Crippen molar-refractivity contribution in [2.24, 2.45) is 0 Å². The van der Waals surface area contributed by atoms with Gasteiger partial charge in [-0.15, -0.1) is 6.58 Å². The predicted octanol–water partition coefficient (Wildman–Crippen LogP) is 4.31. The Hall–Kier alpha value is -1.16. The van der Waals surface area contributed by atoms with Gasteiger partial charge in [-0.1, -0.05) is 44.6 Å². The van der Waals surface area contributed by atoms with E-state index in [2.05, 4.69) is 16.1 Å². The lowest BCUT2D eigenvalue weighted by Gasteiger charge is -2.17. The molecule has 0 atom stereocenters. The molecular formula is C17H26N2OS. The fourth-order valence-electron chi connectivity index (χ4n) is 3.18. The van der Waals surface area contributed by atoms with Crippen molar-refractivity contribution in [3.05, 3.63) is 39.0 Å². The number of nitrogens with zero attached hydrogens (tertiary/aromatic N) is 1. The van der Waals surface area contributed by atoms with Gasteiger partial charge in [0.2, 0.25) is 0 Å². The number of H-pyrrole nitrogens is 1. The zero-order chi connectivity index (χ0) is 15.1. The fraction of sp³-hybridized carbons (Fsp3) is 0.647. The van der Waals surface area contributed by atoms with E-state index in [9.17, 15) is 4.79 Å². The molecule has 0 saturated heterocycles. The molecular weight excluding hydrogens is 280 g/mol. The Morgan fingerprint density at radius 1 is 1.05 bits per heavy atom. The van der Waals surface area contributed by atoms with E-state index in [-0.39, 0.29) is 5.56 Å². The highest BCUT2D eigenvalue weighted by Gasteiger charge is 2.13. The van der Waals surface area contributed by atoms with Gasteiger partial charge in [0.25, 0.3) is 5.56 Å². The second kappa shape index (κ2) is 8.32. The molecule has 2 rings (SSSR count). The van der Waals surface area contributed by atoms with Gasteiger partial charge in [-0.25, -0.2) is 0 Å². The molecule has 0 aliphatic heterocycles. The summed E-state index contributed by atoms with van der Waals surface area (Å²) in [7, 11) is 0. The lowest BCUT2D eigenvalue weighted by molar-refractivity contribution is 0.544. The summed E-state index contributed by atoms with van der Waals surface area (Å²) in [6.07, 6.45) is 13.7. The van der Waals surface area contributed by atoms with Gasteiger partial charge < -0.3 is 4.57 Å². The zero-order valence-electron chi connectivity index (χ0n) is 12.8. The van der Waals surface area contributed by atoms with Crippen LogP contribution in [-0.2, 0) is 19.4 Å². The number of hydrogen-bond acceptors (Lipinski definition) is 2. The molecule has 0 bridgehead atoms. The first-order valence-electron chi connectivity index (χ1n) is 8.20. The molecule has 1 aliphatic rings.